The number of fused-ring (bicyclic) bond motifs is 1. The maximum atomic E-state index is 11.3. The van der Waals surface area contributed by atoms with Crippen molar-refractivity contribution in [2.24, 2.45) is 5.73 Å². The molecule has 1 aliphatic heterocycles. The first kappa shape index (κ1) is 12.7. The zero-order valence-corrected chi connectivity index (χ0v) is 10.8. The van der Waals surface area contributed by atoms with Crippen molar-refractivity contribution in [3.05, 3.63) is 23.8 Å². The second kappa shape index (κ2) is 4.86. The van der Waals surface area contributed by atoms with Crippen molar-refractivity contribution < 1.29 is 9.90 Å². The molecular weight excluding hydrogens is 230 g/mol. The SMILES string of the molecule is CN1CCN(C)c2c(C(CN)C(=O)O)cccc21. The summed E-state index contributed by atoms with van der Waals surface area (Å²) in [6.07, 6.45) is 0. The fourth-order valence-electron chi connectivity index (χ4n) is 2.45. The van der Waals surface area contributed by atoms with Crippen LogP contribution in [0.1, 0.15) is 11.5 Å². The van der Waals surface area contributed by atoms with E-state index in [1.165, 1.54) is 0 Å². The van der Waals surface area contributed by atoms with Gasteiger partial charge in [-0.05, 0) is 11.6 Å². The number of aliphatic carboxylic acids is 1. The first-order chi connectivity index (χ1) is 8.56. The number of nitrogens with two attached hydrogens (primary N) is 1. The van der Waals surface area contributed by atoms with Crippen molar-refractivity contribution in [3.63, 3.8) is 0 Å². The van der Waals surface area contributed by atoms with Crippen LogP contribution in [0.15, 0.2) is 18.2 Å². The average molecular weight is 249 g/mol. The summed E-state index contributed by atoms with van der Waals surface area (Å²) in [5, 5.41) is 9.27. The lowest BCUT2D eigenvalue weighted by atomic mass is 9.95. The number of para-hydroxylation sites is 1. The minimum Gasteiger partial charge on any atom is -0.481 e. The Kier molecular flexibility index (Phi) is 3.43. The summed E-state index contributed by atoms with van der Waals surface area (Å²) in [5.41, 5.74) is 8.47. The molecule has 1 heterocycles. The lowest BCUT2D eigenvalue weighted by molar-refractivity contribution is -0.138. The van der Waals surface area contributed by atoms with E-state index in [0.717, 1.165) is 30.0 Å². The highest BCUT2D eigenvalue weighted by Crippen LogP contribution is 2.38. The van der Waals surface area contributed by atoms with Crippen LogP contribution in [0.25, 0.3) is 0 Å². The molecule has 5 nitrogen and oxygen atoms in total. The molecule has 0 aliphatic carbocycles. The largest absolute Gasteiger partial charge is 0.481 e. The second-order valence-electron chi connectivity index (χ2n) is 4.68. The quantitative estimate of drug-likeness (QED) is 0.825. The summed E-state index contributed by atoms with van der Waals surface area (Å²) in [6, 6.07) is 5.78. The fraction of sp³-hybridized carbons (Fsp3) is 0.462. The van der Waals surface area contributed by atoms with Crippen LogP contribution in [0.4, 0.5) is 11.4 Å². The van der Waals surface area contributed by atoms with Crippen LogP contribution in [-0.4, -0.2) is 44.8 Å². The Labute approximate surface area is 107 Å². The molecule has 1 atom stereocenters. The van der Waals surface area contributed by atoms with E-state index in [-0.39, 0.29) is 6.54 Å². The van der Waals surface area contributed by atoms with Gasteiger partial charge < -0.3 is 20.6 Å². The number of hydrogen-bond donors (Lipinski definition) is 2. The van der Waals surface area contributed by atoms with E-state index >= 15 is 0 Å². The van der Waals surface area contributed by atoms with Gasteiger partial charge in [-0.1, -0.05) is 12.1 Å². The number of nitrogens with zero attached hydrogens (tertiary/aromatic N) is 2. The van der Waals surface area contributed by atoms with Crippen molar-refractivity contribution in [3.8, 4) is 0 Å². The topological polar surface area (TPSA) is 69.8 Å². The van der Waals surface area contributed by atoms with Gasteiger partial charge in [-0.3, -0.25) is 4.79 Å². The van der Waals surface area contributed by atoms with Gasteiger partial charge in [0.1, 0.15) is 0 Å². The Hall–Kier alpha value is -1.75. The summed E-state index contributed by atoms with van der Waals surface area (Å²) in [7, 11) is 4.01. The third-order valence-electron chi connectivity index (χ3n) is 3.52. The standard InChI is InChI=1S/C13H19N3O2/c1-15-6-7-16(2)12-9(4-3-5-11(12)15)10(8-14)13(17)18/h3-5,10H,6-8,14H2,1-2H3,(H,17,18). The number of anilines is 2. The number of carboxylic acids is 1. The highest BCUT2D eigenvalue weighted by atomic mass is 16.4. The van der Waals surface area contributed by atoms with Crippen LogP contribution < -0.4 is 15.5 Å². The highest BCUT2D eigenvalue weighted by molar-refractivity contribution is 5.85. The molecule has 0 fully saturated rings. The molecule has 0 radical (unpaired) electrons. The van der Waals surface area contributed by atoms with Gasteiger partial charge in [0.2, 0.25) is 0 Å². The predicted octanol–water partition coefficient (Wildman–Crippen LogP) is 0.700. The third-order valence-corrected chi connectivity index (χ3v) is 3.52. The zero-order chi connectivity index (χ0) is 13.3. The van der Waals surface area contributed by atoms with Gasteiger partial charge in [0.15, 0.2) is 0 Å². The first-order valence-corrected chi connectivity index (χ1v) is 6.04. The van der Waals surface area contributed by atoms with Gasteiger partial charge in [-0.25, -0.2) is 0 Å². The fourth-order valence-corrected chi connectivity index (χ4v) is 2.45. The summed E-state index contributed by atoms with van der Waals surface area (Å²) in [4.78, 5) is 15.5. The van der Waals surface area contributed by atoms with E-state index in [4.69, 9.17) is 5.73 Å². The maximum absolute atomic E-state index is 11.3. The van der Waals surface area contributed by atoms with E-state index in [1.54, 1.807) is 0 Å². The van der Waals surface area contributed by atoms with E-state index in [1.807, 2.05) is 32.3 Å². The number of rotatable bonds is 3. The molecule has 18 heavy (non-hydrogen) atoms. The molecule has 2 rings (SSSR count). The first-order valence-electron chi connectivity index (χ1n) is 6.04. The molecule has 1 unspecified atom stereocenters. The Morgan fingerprint density at radius 1 is 1.39 bits per heavy atom. The van der Waals surface area contributed by atoms with Crippen LogP contribution in [0, 0.1) is 0 Å². The van der Waals surface area contributed by atoms with Crippen LogP contribution in [0.5, 0.6) is 0 Å². The van der Waals surface area contributed by atoms with Gasteiger partial charge in [-0.2, -0.15) is 0 Å². The number of hydrogen-bond acceptors (Lipinski definition) is 4. The normalized spacial score (nSPS) is 16.4. The summed E-state index contributed by atoms with van der Waals surface area (Å²) < 4.78 is 0. The number of carboxylic acid groups (broad SMARTS) is 1. The summed E-state index contributed by atoms with van der Waals surface area (Å²) >= 11 is 0. The van der Waals surface area contributed by atoms with Crippen molar-refractivity contribution in [2.45, 2.75) is 5.92 Å². The third kappa shape index (κ3) is 2.01. The van der Waals surface area contributed by atoms with E-state index in [9.17, 15) is 9.90 Å². The van der Waals surface area contributed by atoms with Gasteiger partial charge in [-0.15, -0.1) is 0 Å². The Morgan fingerprint density at radius 3 is 2.67 bits per heavy atom. The molecule has 3 N–H and O–H groups in total. The molecule has 5 heteroatoms. The molecule has 0 saturated heterocycles. The molecule has 0 saturated carbocycles. The minimum absolute atomic E-state index is 0.114. The summed E-state index contributed by atoms with van der Waals surface area (Å²) in [6.45, 7) is 1.94. The number of likely N-dealkylation sites (N-methyl/N-ethyl adjacent to an activating group) is 2. The number of carbonyl (C=O) groups is 1. The lowest BCUT2D eigenvalue weighted by Crippen LogP contribution is -2.38. The lowest BCUT2D eigenvalue weighted by Gasteiger charge is -2.37. The van der Waals surface area contributed by atoms with Gasteiger partial charge in [0.25, 0.3) is 0 Å². The van der Waals surface area contributed by atoms with Gasteiger partial charge >= 0.3 is 5.97 Å². The van der Waals surface area contributed by atoms with Gasteiger partial charge in [0, 0.05) is 33.7 Å². The molecule has 98 valence electrons. The van der Waals surface area contributed by atoms with Crippen molar-refractivity contribution >= 4 is 17.3 Å². The Bertz CT molecular complexity index is 462. The van der Waals surface area contributed by atoms with Crippen LogP contribution in [0.3, 0.4) is 0 Å². The molecule has 1 aliphatic rings. The second-order valence-corrected chi connectivity index (χ2v) is 4.68. The molecule has 0 amide bonds. The molecule has 1 aromatic carbocycles. The van der Waals surface area contributed by atoms with Crippen LogP contribution in [-0.2, 0) is 4.79 Å². The maximum Gasteiger partial charge on any atom is 0.312 e. The van der Waals surface area contributed by atoms with E-state index in [0.29, 0.717) is 0 Å². The Morgan fingerprint density at radius 2 is 2.06 bits per heavy atom. The monoisotopic (exact) mass is 249 g/mol. The Balaban J connectivity index is 2.55. The zero-order valence-electron chi connectivity index (χ0n) is 10.8. The van der Waals surface area contributed by atoms with Crippen molar-refractivity contribution in [1.82, 2.24) is 0 Å². The molecule has 0 bridgehead atoms. The number of benzene rings is 1. The average Bonchev–Trinajstić information content (AvgIpc) is 2.34. The van der Waals surface area contributed by atoms with Crippen molar-refractivity contribution in [2.75, 3.05) is 43.5 Å². The minimum atomic E-state index is -0.868. The molecular formula is C13H19N3O2. The van der Waals surface area contributed by atoms with E-state index in [2.05, 4.69) is 9.80 Å². The van der Waals surface area contributed by atoms with Gasteiger partial charge in [0.05, 0.1) is 17.3 Å². The molecule has 0 spiro atoms. The summed E-state index contributed by atoms with van der Waals surface area (Å²) in [5.74, 6) is -1.51. The molecule has 1 aromatic rings. The predicted molar refractivity (Wildman–Crippen MR) is 72.4 cm³/mol. The van der Waals surface area contributed by atoms with Crippen LogP contribution in [0.2, 0.25) is 0 Å². The van der Waals surface area contributed by atoms with Crippen LogP contribution >= 0.6 is 0 Å². The highest BCUT2D eigenvalue weighted by Gasteiger charge is 2.27. The smallest absolute Gasteiger partial charge is 0.312 e. The van der Waals surface area contributed by atoms with E-state index < -0.39 is 11.9 Å². The molecule has 0 aromatic heterocycles. The van der Waals surface area contributed by atoms with Crippen molar-refractivity contribution in [1.29, 1.82) is 0 Å².